The van der Waals surface area contributed by atoms with Gasteiger partial charge in [0.2, 0.25) is 5.91 Å². The van der Waals surface area contributed by atoms with E-state index in [1.807, 2.05) is 13.8 Å². The SMILES string of the molecule is CCC(C)C(NC(=O)c1ccccc1)C(=O)N1CCCN(CC(F)(F)F)CC1. The first-order valence-corrected chi connectivity index (χ1v) is 9.65. The molecule has 2 amide bonds. The second-order valence-corrected chi connectivity index (χ2v) is 7.27. The number of nitrogens with zero attached hydrogens (tertiary/aromatic N) is 2. The molecule has 0 aliphatic carbocycles. The highest BCUT2D eigenvalue weighted by Gasteiger charge is 2.34. The van der Waals surface area contributed by atoms with Gasteiger partial charge in [0.25, 0.3) is 5.91 Å². The topological polar surface area (TPSA) is 52.7 Å². The Kier molecular flexibility index (Phi) is 7.86. The lowest BCUT2D eigenvalue weighted by Crippen LogP contribution is -2.52. The molecule has 8 heteroatoms. The fraction of sp³-hybridized carbons (Fsp3) is 0.600. The number of hydrogen-bond donors (Lipinski definition) is 1. The van der Waals surface area contributed by atoms with Crippen LogP contribution in [0.4, 0.5) is 13.2 Å². The van der Waals surface area contributed by atoms with Gasteiger partial charge in [0, 0.05) is 31.7 Å². The molecule has 0 saturated carbocycles. The molecule has 0 aromatic heterocycles. The fourth-order valence-electron chi connectivity index (χ4n) is 3.30. The van der Waals surface area contributed by atoms with Crippen LogP contribution in [0.5, 0.6) is 0 Å². The van der Waals surface area contributed by atoms with Crippen LogP contribution in [0.25, 0.3) is 0 Å². The predicted octanol–water partition coefficient (Wildman–Crippen LogP) is 2.93. The third-order valence-corrected chi connectivity index (χ3v) is 5.10. The summed E-state index contributed by atoms with van der Waals surface area (Å²) in [6.07, 6.45) is -3.08. The minimum absolute atomic E-state index is 0.0882. The predicted molar refractivity (Wildman–Crippen MR) is 101 cm³/mol. The fourth-order valence-corrected chi connectivity index (χ4v) is 3.30. The van der Waals surface area contributed by atoms with Gasteiger partial charge in [-0.1, -0.05) is 38.5 Å². The molecule has 1 aromatic carbocycles. The minimum atomic E-state index is -4.25. The van der Waals surface area contributed by atoms with E-state index < -0.39 is 18.8 Å². The van der Waals surface area contributed by atoms with Crippen LogP contribution in [0, 0.1) is 5.92 Å². The first kappa shape index (κ1) is 22.2. The number of benzene rings is 1. The van der Waals surface area contributed by atoms with Gasteiger partial charge in [-0.2, -0.15) is 13.2 Å². The number of halogens is 3. The quantitative estimate of drug-likeness (QED) is 0.800. The van der Waals surface area contributed by atoms with Crippen molar-refractivity contribution in [2.45, 2.75) is 38.9 Å². The third kappa shape index (κ3) is 6.51. The highest BCUT2D eigenvalue weighted by molar-refractivity contribution is 5.97. The molecule has 1 N–H and O–H groups in total. The summed E-state index contributed by atoms with van der Waals surface area (Å²) in [6, 6.07) is 7.95. The smallest absolute Gasteiger partial charge is 0.340 e. The van der Waals surface area contributed by atoms with E-state index in [9.17, 15) is 22.8 Å². The zero-order chi connectivity index (χ0) is 20.7. The lowest BCUT2D eigenvalue weighted by molar-refractivity contribution is -0.145. The summed E-state index contributed by atoms with van der Waals surface area (Å²) < 4.78 is 37.9. The standard InChI is InChI=1S/C20H28F3N3O2/c1-3-15(2)17(24-18(27)16-8-5-4-6-9-16)19(28)26-11-7-10-25(12-13-26)14-20(21,22)23/h4-6,8-9,15,17H,3,7,10-14H2,1-2H3,(H,24,27). The zero-order valence-electron chi connectivity index (χ0n) is 16.3. The largest absolute Gasteiger partial charge is 0.401 e. The Hall–Kier alpha value is -2.09. The maximum atomic E-state index is 13.1. The van der Waals surface area contributed by atoms with E-state index in [0.29, 0.717) is 31.5 Å². The minimum Gasteiger partial charge on any atom is -0.340 e. The van der Waals surface area contributed by atoms with Gasteiger partial charge in [0.05, 0.1) is 6.54 Å². The molecule has 1 heterocycles. The van der Waals surface area contributed by atoms with Crippen molar-refractivity contribution in [2.75, 3.05) is 32.7 Å². The molecule has 1 aliphatic rings. The molecule has 2 atom stereocenters. The van der Waals surface area contributed by atoms with E-state index in [1.54, 1.807) is 35.2 Å². The van der Waals surface area contributed by atoms with E-state index in [1.165, 1.54) is 4.90 Å². The van der Waals surface area contributed by atoms with E-state index in [4.69, 9.17) is 0 Å². The average molecular weight is 399 g/mol. The monoisotopic (exact) mass is 399 g/mol. The highest BCUT2D eigenvalue weighted by atomic mass is 19.4. The van der Waals surface area contributed by atoms with Crippen LogP contribution in [0.15, 0.2) is 30.3 Å². The van der Waals surface area contributed by atoms with Crippen molar-refractivity contribution in [1.29, 1.82) is 0 Å². The summed E-state index contributed by atoms with van der Waals surface area (Å²) in [5.74, 6) is -0.644. The van der Waals surface area contributed by atoms with Gasteiger partial charge < -0.3 is 10.2 Å². The zero-order valence-corrected chi connectivity index (χ0v) is 16.3. The number of nitrogens with one attached hydrogen (secondary N) is 1. The lowest BCUT2D eigenvalue weighted by atomic mass is 9.97. The number of carbonyl (C=O) groups excluding carboxylic acids is 2. The van der Waals surface area contributed by atoms with E-state index in [-0.39, 0.29) is 30.8 Å². The molecule has 1 aromatic rings. The molecule has 0 spiro atoms. The Morgan fingerprint density at radius 1 is 1.11 bits per heavy atom. The summed E-state index contributed by atoms with van der Waals surface area (Å²) in [5.41, 5.74) is 0.468. The van der Waals surface area contributed by atoms with Crippen molar-refractivity contribution in [3.8, 4) is 0 Å². The molecule has 1 fully saturated rings. The molecular weight excluding hydrogens is 371 g/mol. The second kappa shape index (κ2) is 9.91. The van der Waals surface area contributed by atoms with Gasteiger partial charge in [-0.3, -0.25) is 14.5 Å². The van der Waals surface area contributed by atoms with Crippen molar-refractivity contribution in [3.05, 3.63) is 35.9 Å². The van der Waals surface area contributed by atoms with E-state index >= 15 is 0 Å². The first-order valence-electron chi connectivity index (χ1n) is 9.65. The summed E-state index contributed by atoms with van der Waals surface area (Å²) in [5, 5.41) is 2.83. The summed E-state index contributed by atoms with van der Waals surface area (Å²) >= 11 is 0. The number of amides is 2. The van der Waals surface area contributed by atoms with Crippen molar-refractivity contribution >= 4 is 11.8 Å². The second-order valence-electron chi connectivity index (χ2n) is 7.27. The molecule has 156 valence electrons. The molecule has 1 aliphatic heterocycles. The number of alkyl halides is 3. The van der Waals surface area contributed by atoms with Crippen molar-refractivity contribution < 1.29 is 22.8 Å². The van der Waals surface area contributed by atoms with Gasteiger partial charge in [0.15, 0.2) is 0 Å². The molecule has 2 rings (SSSR count). The normalized spacial score (nSPS) is 18.2. The molecule has 0 bridgehead atoms. The van der Waals surface area contributed by atoms with Gasteiger partial charge in [-0.15, -0.1) is 0 Å². The maximum absolute atomic E-state index is 13.1. The maximum Gasteiger partial charge on any atom is 0.401 e. The van der Waals surface area contributed by atoms with E-state index in [2.05, 4.69) is 5.32 Å². The van der Waals surface area contributed by atoms with Crippen LogP contribution < -0.4 is 5.32 Å². The van der Waals surface area contributed by atoms with Crippen LogP contribution in [0.2, 0.25) is 0 Å². The average Bonchev–Trinajstić information content (AvgIpc) is 2.89. The summed E-state index contributed by atoms with van der Waals surface area (Å²) in [7, 11) is 0. The van der Waals surface area contributed by atoms with Gasteiger partial charge in [-0.05, 0) is 24.5 Å². The Morgan fingerprint density at radius 3 is 2.39 bits per heavy atom. The molecule has 5 nitrogen and oxygen atoms in total. The van der Waals surface area contributed by atoms with Crippen LogP contribution in [-0.2, 0) is 4.79 Å². The van der Waals surface area contributed by atoms with Crippen LogP contribution >= 0.6 is 0 Å². The van der Waals surface area contributed by atoms with Crippen LogP contribution in [-0.4, -0.2) is 66.6 Å². The summed E-state index contributed by atoms with van der Waals surface area (Å²) in [6.45, 7) is 3.95. The first-order chi connectivity index (χ1) is 13.2. The highest BCUT2D eigenvalue weighted by Crippen LogP contribution is 2.19. The number of hydrogen-bond acceptors (Lipinski definition) is 3. The molecule has 28 heavy (non-hydrogen) atoms. The lowest BCUT2D eigenvalue weighted by Gasteiger charge is -2.30. The van der Waals surface area contributed by atoms with Crippen molar-refractivity contribution in [2.24, 2.45) is 5.92 Å². The Balaban J connectivity index is 2.05. The number of carbonyl (C=O) groups is 2. The Morgan fingerprint density at radius 2 is 1.79 bits per heavy atom. The van der Waals surface area contributed by atoms with Crippen LogP contribution in [0.1, 0.15) is 37.0 Å². The molecule has 2 unspecified atom stereocenters. The Bertz CT molecular complexity index is 652. The van der Waals surface area contributed by atoms with Gasteiger partial charge >= 0.3 is 6.18 Å². The Labute approximate surface area is 163 Å². The van der Waals surface area contributed by atoms with Gasteiger partial charge in [0.1, 0.15) is 6.04 Å². The molecular formula is C20H28F3N3O2. The van der Waals surface area contributed by atoms with Crippen molar-refractivity contribution in [1.82, 2.24) is 15.1 Å². The molecule has 1 saturated heterocycles. The summed E-state index contributed by atoms with van der Waals surface area (Å²) in [4.78, 5) is 28.5. The van der Waals surface area contributed by atoms with Gasteiger partial charge in [-0.25, -0.2) is 0 Å². The van der Waals surface area contributed by atoms with Crippen LogP contribution in [0.3, 0.4) is 0 Å². The third-order valence-electron chi connectivity index (χ3n) is 5.10. The number of rotatable bonds is 6. The van der Waals surface area contributed by atoms with Crippen molar-refractivity contribution in [3.63, 3.8) is 0 Å². The molecule has 0 radical (unpaired) electrons. The van der Waals surface area contributed by atoms with E-state index in [0.717, 1.165) is 0 Å².